The fraction of sp³-hybridized carbons (Fsp3) is 0.444. The second kappa shape index (κ2) is 7.49. The third kappa shape index (κ3) is 4.85. The summed E-state index contributed by atoms with van der Waals surface area (Å²) in [7, 11) is -2.94. The number of ether oxygens (including phenoxy) is 1. The van der Waals surface area contributed by atoms with Gasteiger partial charge in [-0.25, -0.2) is 13.4 Å². The van der Waals surface area contributed by atoms with Crippen molar-refractivity contribution in [2.24, 2.45) is 0 Å². The van der Waals surface area contributed by atoms with Gasteiger partial charge in [0.15, 0.2) is 9.84 Å². The summed E-state index contributed by atoms with van der Waals surface area (Å²) in [6.45, 7) is 5.81. The van der Waals surface area contributed by atoms with Crippen molar-refractivity contribution >= 4 is 27.3 Å². The van der Waals surface area contributed by atoms with Gasteiger partial charge in [0.1, 0.15) is 11.6 Å². The molecule has 1 unspecified atom stereocenters. The predicted molar refractivity (Wildman–Crippen MR) is 103 cm³/mol. The van der Waals surface area contributed by atoms with E-state index in [1.54, 1.807) is 0 Å². The summed E-state index contributed by atoms with van der Waals surface area (Å²) in [5.41, 5.74) is 1.56. The van der Waals surface area contributed by atoms with Gasteiger partial charge in [0.25, 0.3) is 0 Å². The van der Waals surface area contributed by atoms with Gasteiger partial charge in [-0.3, -0.25) is 0 Å². The van der Waals surface area contributed by atoms with Crippen LogP contribution in [0.4, 0.5) is 17.5 Å². The molecular weight excluding hydrogens is 352 g/mol. The highest BCUT2D eigenvalue weighted by molar-refractivity contribution is 7.91. The Morgan fingerprint density at radius 1 is 1.23 bits per heavy atom. The van der Waals surface area contributed by atoms with Crippen LogP contribution in [0.2, 0.25) is 0 Å². The Kier molecular flexibility index (Phi) is 5.31. The van der Waals surface area contributed by atoms with Gasteiger partial charge in [0.05, 0.1) is 23.3 Å². The zero-order valence-electron chi connectivity index (χ0n) is 15.2. The average molecular weight is 376 g/mol. The number of nitrogens with zero attached hydrogens (tertiary/aromatic N) is 2. The van der Waals surface area contributed by atoms with Crippen LogP contribution in [0.5, 0.6) is 5.75 Å². The lowest BCUT2D eigenvalue weighted by atomic mass is 10.2. The molecule has 0 radical (unpaired) electrons. The largest absolute Gasteiger partial charge is 0.489 e. The predicted octanol–water partition coefficient (Wildman–Crippen LogP) is 2.91. The van der Waals surface area contributed by atoms with E-state index in [0.717, 1.165) is 17.1 Å². The molecule has 8 heteroatoms. The zero-order valence-corrected chi connectivity index (χ0v) is 16.0. The summed E-state index contributed by atoms with van der Waals surface area (Å²) in [6, 6.07) is 9.31. The van der Waals surface area contributed by atoms with Crippen LogP contribution in [-0.2, 0) is 9.84 Å². The summed E-state index contributed by atoms with van der Waals surface area (Å²) in [6.07, 6.45) is 0.650. The summed E-state index contributed by atoms with van der Waals surface area (Å²) < 4.78 is 29.1. The van der Waals surface area contributed by atoms with Crippen LogP contribution in [0.25, 0.3) is 0 Å². The summed E-state index contributed by atoms with van der Waals surface area (Å²) in [4.78, 5) is 8.89. The second-order valence-electron chi connectivity index (χ2n) is 6.75. The molecule has 1 aromatic heterocycles. The van der Waals surface area contributed by atoms with Crippen molar-refractivity contribution in [2.75, 3.05) is 22.1 Å². The Bertz CT molecular complexity index is 884. The van der Waals surface area contributed by atoms with Gasteiger partial charge < -0.3 is 15.4 Å². The fourth-order valence-electron chi connectivity index (χ4n) is 2.86. The van der Waals surface area contributed by atoms with Crippen molar-refractivity contribution in [3.8, 4) is 5.75 Å². The Morgan fingerprint density at radius 3 is 2.69 bits per heavy atom. The van der Waals surface area contributed by atoms with E-state index in [1.807, 2.05) is 51.1 Å². The van der Waals surface area contributed by atoms with Crippen molar-refractivity contribution in [3.05, 3.63) is 36.0 Å². The number of aromatic nitrogens is 2. The van der Waals surface area contributed by atoms with Gasteiger partial charge in [-0.1, -0.05) is 12.1 Å². The average Bonchev–Trinajstić information content (AvgIpc) is 2.87. The number of para-hydroxylation sites is 2. The SMILES string of the molecule is Cc1cc(NC2CCS(=O)(=O)C2)nc(Nc2ccccc2OC(C)C)n1. The van der Waals surface area contributed by atoms with Crippen LogP contribution >= 0.6 is 0 Å². The molecule has 0 saturated carbocycles. The summed E-state index contributed by atoms with van der Waals surface area (Å²) in [5.74, 6) is 2.14. The molecule has 1 saturated heterocycles. The first kappa shape index (κ1) is 18.4. The van der Waals surface area contributed by atoms with E-state index in [4.69, 9.17) is 4.74 Å². The molecule has 1 aliphatic heterocycles. The van der Waals surface area contributed by atoms with Gasteiger partial charge in [0.2, 0.25) is 5.95 Å². The monoisotopic (exact) mass is 376 g/mol. The van der Waals surface area contributed by atoms with Gasteiger partial charge in [-0.15, -0.1) is 0 Å². The Hall–Kier alpha value is -2.35. The maximum absolute atomic E-state index is 11.6. The molecule has 140 valence electrons. The van der Waals surface area contributed by atoms with Crippen LogP contribution in [0.15, 0.2) is 30.3 Å². The van der Waals surface area contributed by atoms with Crippen molar-refractivity contribution in [1.82, 2.24) is 9.97 Å². The third-order valence-electron chi connectivity index (χ3n) is 3.93. The number of hydrogen-bond donors (Lipinski definition) is 2. The first-order valence-corrected chi connectivity index (χ1v) is 10.5. The van der Waals surface area contributed by atoms with E-state index in [2.05, 4.69) is 20.6 Å². The highest BCUT2D eigenvalue weighted by Crippen LogP contribution is 2.27. The van der Waals surface area contributed by atoms with Crippen molar-refractivity contribution < 1.29 is 13.2 Å². The molecule has 2 aromatic rings. The van der Waals surface area contributed by atoms with Crippen LogP contribution in [0.1, 0.15) is 26.0 Å². The van der Waals surface area contributed by atoms with Crippen LogP contribution in [-0.4, -0.2) is 42.0 Å². The first-order chi connectivity index (χ1) is 12.3. The number of sulfone groups is 1. The highest BCUT2D eigenvalue weighted by atomic mass is 32.2. The van der Waals surface area contributed by atoms with E-state index < -0.39 is 9.84 Å². The van der Waals surface area contributed by atoms with E-state index >= 15 is 0 Å². The molecule has 0 bridgehead atoms. The normalized spacial score (nSPS) is 18.7. The molecule has 2 heterocycles. The lowest BCUT2D eigenvalue weighted by molar-refractivity contribution is 0.244. The molecule has 1 aliphatic rings. The van der Waals surface area contributed by atoms with E-state index in [9.17, 15) is 8.42 Å². The summed E-state index contributed by atoms with van der Waals surface area (Å²) >= 11 is 0. The second-order valence-corrected chi connectivity index (χ2v) is 8.98. The van der Waals surface area contributed by atoms with Crippen molar-refractivity contribution in [1.29, 1.82) is 0 Å². The molecule has 0 spiro atoms. The van der Waals surface area contributed by atoms with Gasteiger partial charge in [0, 0.05) is 17.8 Å². The zero-order chi connectivity index (χ0) is 18.7. The fourth-order valence-corrected chi connectivity index (χ4v) is 4.54. The molecule has 1 fully saturated rings. The van der Waals surface area contributed by atoms with Gasteiger partial charge in [-0.2, -0.15) is 4.98 Å². The minimum Gasteiger partial charge on any atom is -0.489 e. The van der Waals surface area contributed by atoms with Crippen LogP contribution < -0.4 is 15.4 Å². The Labute approximate surface area is 154 Å². The first-order valence-electron chi connectivity index (χ1n) is 8.66. The maximum Gasteiger partial charge on any atom is 0.229 e. The van der Waals surface area contributed by atoms with E-state index in [1.165, 1.54) is 0 Å². The molecule has 0 aliphatic carbocycles. The maximum atomic E-state index is 11.6. The highest BCUT2D eigenvalue weighted by Gasteiger charge is 2.28. The van der Waals surface area contributed by atoms with Crippen molar-refractivity contribution in [3.63, 3.8) is 0 Å². The molecule has 1 aromatic carbocycles. The minimum atomic E-state index is -2.94. The number of nitrogens with one attached hydrogen (secondary N) is 2. The quantitative estimate of drug-likeness (QED) is 0.800. The van der Waals surface area contributed by atoms with E-state index in [0.29, 0.717) is 18.2 Å². The number of benzene rings is 1. The molecule has 0 amide bonds. The number of anilines is 3. The number of aryl methyl sites for hydroxylation is 1. The summed E-state index contributed by atoms with van der Waals surface area (Å²) in [5, 5.41) is 6.40. The molecule has 26 heavy (non-hydrogen) atoms. The molecular formula is C18H24N4O3S. The molecule has 2 N–H and O–H groups in total. The van der Waals surface area contributed by atoms with Crippen LogP contribution in [0, 0.1) is 6.92 Å². The van der Waals surface area contributed by atoms with Gasteiger partial charge >= 0.3 is 0 Å². The Balaban J connectivity index is 1.78. The lowest BCUT2D eigenvalue weighted by Gasteiger charge is -2.16. The van der Waals surface area contributed by atoms with Crippen molar-refractivity contribution in [2.45, 2.75) is 39.3 Å². The van der Waals surface area contributed by atoms with Gasteiger partial charge in [-0.05, 0) is 39.3 Å². The Morgan fingerprint density at radius 2 is 2.00 bits per heavy atom. The molecule has 7 nitrogen and oxygen atoms in total. The molecule has 1 atom stereocenters. The smallest absolute Gasteiger partial charge is 0.229 e. The topological polar surface area (TPSA) is 93.2 Å². The number of hydrogen-bond acceptors (Lipinski definition) is 7. The van der Waals surface area contributed by atoms with Crippen LogP contribution in [0.3, 0.4) is 0 Å². The standard InChI is InChI=1S/C18H24N4O3S/c1-12(2)25-16-7-5-4-6-15(16)21-18-19-13(3)10-17(22-18)20-14-8-9-26(23,24)11-14/h4-7,10,12,14H,8-9,11H2,1-3H3,(H2,19,20,21,22). The lowest BCUT2D eigenvalue weighted by Crippen LogP contribution is -2.21. The third-order valence-corrected chi connectivity index (χ3v) is 5.70. The number of rotatable bonds is 6. The molecule has 3 rings (SSSR count). The minimum absolute atomic E-state index is 0.0536. The van der Waals surface area contributed by atoms with E-state index in [-0.39, 0.29) is 23.7 Å².